The average molecular weight is 266 g/mol. The van der Waals surface area contributed by atoms with Crippen molar-refractivity contribution in [3.63, 3.8) is 0 Å². The number of nitrogen functional groups attached to an aromatic ring is 1. The molecule has 20 heavy (non-hydrogen) atoms. The number of hydrogen-bond donors (Lipinski definition) is 1. The predicted molar refractivity (Wildman–Crippen MR) is 81.7 cm³/mol. The zero-order valence-electron chi connectivity index (χ0n) is 11.8. The number of carbonyl (C=O) groups is 1. The van der Waals surface area contributed by atoms with E-state index in [1.54, 1.807) is 0 Å². The molecule has 3 rings (SSSR count). The van der Waals surface area contributed by atoms with Crippen LogP contribution in [-0.2, 0) is 17.8 Å². The van der Waals surface area contributed by atoms with Crippen LogP contribution in [0.15, 0.2) is 36.4 Å². The van der Waals surface area contributed by atoms with Crippen LogP contribution in [0.1, 0.15) is 22.3 Å². The van der Waals surface area contributed by atoms with Gasteiger partial charge in [-0.1, -0.05) is 18.2 Å². The fourth-order valence-electron chi connectivity index (χ4n) is 2.83. The van der Waals surface area contributed by atoms with Crippen LogP contribution in [0.3, 0.4) is 0 Å². The summed E-state index contributed by atoms with van der Waals surface area (Å²) >= 11 is 0. The van der Waals surface area contributed by atoms with Crippen molar-refractivity contribution < 1.29 is 4.79 Å². The Kier molecular flexibility index (Phi) is 2.97. The SMILES string of the molecule is Cc1cccc(C)c1CN1C(=O)Cc2cc(N)ccc21. The van der Waals surface area contributed by atoms with Gasteiger partial charge in [-0.15, -0.1) is 0 Å². The zero-order chi connectivity index (χ0) is 14.3. The van der Waals surface area contributed by atoms with Gasteiger partial charge in [0.05, 0.1) is 13.0 Å². The second-order valence-electron chi connectivity index (χ2n) is 5.42. The highest BCUT2D eigenvalue weighted by atomic mass is 16.2. The van der Waals surface area contributed by atoms with Crippen LogP contribution in [0, 0.1) is 13.8 Å². The van der Waals surface area contributed by atoms with E-state index < -0.39 is 0 Å². The average Bonchev–Trinajstić information content (AvgIpc) is 2.69. The van der Waals surface area contributed by atoms with Gasteiger partial charge in [0.15, 0.2) is 0 Å². The highest BCUT2D eigenvalue weighted by molar-refractivity contribution is 6.01. The van der Waals surface area contributed by atoms with Crippen molar-refractivity contribution in [2.24, 2.45) is 0 Å². The lowest BCUT2D eigenvalue weighted by Gasteiger charge is -2.20. The number of amides is 1. The molecule has 0 bridgehead atoms. The standard InChI is InChI=1S/C17H18N2O/c1-11-4-3-5-12(2)15(11)10-19-16-7-6-14(18)8-13(16)9-17(19)20/h3-8H,9-10,18H2,1-2H3. The summed E-state index contributed by atoms with van der Waals surface area (Å²) in [7, 11) is 0. The van der Waals surface area contributed by atoms with E-state index in [2.05, 4.69) is 32.0 Å². The van der Waals surface area contributed by atoms with Crippen LogP contribution in [0.2, 0.25) is 0 Å². The predicted octanol–water partition coefficient (Wildman–Crippen LogP) is 2.97. The minimum Gasteiger partial charge on any atom is -0.399 e. The van der Waals surface area contributed by atoms with Gasteiger partial charge in [-0.25, -0.2) is 0 Å². The van der Waals surface area contributed by atoms with Gasteiger partial charge in [0.25, 0.3) is 0 Å². The molecule has 0 radical (unpaired) electrons. The van der Waals surface area contributed by atoms with E-state index in [4.69, 9.17) is 5.73 Å². The highest BCUT2D eigenvalue weighted by Crippen LogP contribution is 2.32. The molecule has 0 unspecified atom stereocenters. The normalized spacial score (nSPS) is 13.7. The number of hydrogen-bond acceptors (Lipinski definition) is 2. The fourth-order valence-corrected chi connectivity index (χ4v) is 2.83. The first-order valence-corrected chi connectivity index (χ1v) is 6.80. The van der Waals surface area contributed by atoms with Gasteiger partial charge in [-0.2, -0.15) is 0 Å². The van der Waals surface area contributed by atoms with E-state index in [1.165, 1.54) is 16.7 Å². The molecule has 2 aromatic carbocycles. The van der Waals surface area contributed by atoms with E-state index in [9.17, 15) is 4.79 Å². The molecule has 2 N–H and O–H groups in total. The molecule has 2 aromatic rings. The number of rotatable bonds is 2. The molecule has 102 valence electrons. The summed E-state index contributed by atoms with van der Waals surface area (Å²) in [6.45, 7) is 4.81. The number of anilines is 2. The Morgan fingerprint density at radius 1 is 1.15 bits per heavy atom. The first-order chi connectivity index (χ1) is 9.56. The molecule has 3 nitrogen and oxygen atoms in total. The molecule has 0 aromatic heterocycles. The van der Waals surface area contributed by atoms with Crippen LogP contribution in [0.5, 0.6) is 0 Å². The third-order valence-electron chi connectivity index (χ3n) is 4.00. The fraction of sp³-hybridized carbons (Fsp3) is 0.235. The Hall–Kier alpha value is -2.29. The molecule has 0 fully saturated rings. The summed E-state index contributed by atoms with van der Waals surface area (Å²) in [6, 6.07) is 11.9. The van der Waals surface area contributed by atoms with Gasteiger partial charge < -0.3 is 10.6 Å². The Labute approximate surface area is 119 Å². The largest absolute Gasteiger partial charge is 0.399 e. The molecule has 1 amide bonds. The summed E-state index contributed by atoms with van der Waals surface area (Å²) in [5.41, 5.74) is 12.2. The maximum Gasteiger partial charge on any atom is 0.231 e. The monoisotopic (exact) mass is 266 g/mol. The van der Waals surface area contributed by atoms with Gasteiger partial charge in [-0.05, 0) is 54.3 Å². The molecule has 1 heterocycles. The zero-order valence-corrected chi connectivity index (χ0v) is 11.8. The summed E-state index contributed by atoms with van der Waals surface area (Å²) in [5, 5.41) is 0. The number of carbonyl (C=O) groups excluding carboxylic acids is 1. The van der Waals surface area contributed by atoms with E-state index in [0.29, 0.717) is 18.7 Å². The number of nitrogens with zero attached hydrogens (tertiary/aromatic N) is 1. The van der Waals surface area contributed by atoms with Crippen molar-refractivity contribution in [3.8, 4) is 0 Å². The van der Waals surface area contributed by atoms with E-state index in [0.717, 1.165) is 11.3 Å². The van der Waals surface area contributed by atoms with Crippen molar-refractivity contribution >= 4 is 17.3 Å². The van der Waals surface area contributed by atoms with E-state index in [-0.39, 0.29) is 5.91 Å². The van der Waals surface area contributed by atoms with Crippen molar-refractivity contribution in [1.82, 2.24) is 0 Å². The lowest BCUT2D eigenvalue weighted by molar-refractivity contribution is -0.117. The summed E-state index contributed by atoms with van der Waals surface area (Å²) in [5.74, 6) is 0.147. The quantitative estimate of drug-likeness (QED) is 0.849. The van der Waals surface area contributed by atoms with Crippen LogP contribution in [-0.4, -0.2) is 5.91 Å². The minimum atomic E-state index is 0.147. The summed E-state index contributed by atoms with van der Waals surface area (Å²) < 4.78 is 0. The molecule has 1 aliphatic rings. The molecule has 0 atom stereocenters. The molecule has 1 aliphatic heterocycles. The first-order valence-electron chi connectivity index (χ1n) is 6.80. The van der Waals surface area contributed by atoms with E-state index in [1.807, 2.05) is 23.1 Å². The molecular weight excluding hydrogens is 248 g/mol. The van der Waals surface area contributed by atoms with Gasteiger partial charge in [-0.3, -0.25) is 4.79 Å². The van der Waals surface area contributed by atoms with Crippen molar-refractivity contribution in [2.75, 3.05) is 10.6 Å². The maximum atomic E-state index is 12.3. The Balaban J connectivity index is 1.98. The van der Waals surface area contributed by atoms with Crippen LogP contribution in [0.25, 0.3) is 0 Å². The maximum absolute atomic E-state index is 12.3. The second kappa shape index (κ2) is 4.67. The minimum absolute atomic E-state index is 0.147. The Morgan fingerprint density at radius 3 is 2.55 bits per heavy atom. The number of fused-ring (bicyclic) bond motifs is 1. The molecule has 0 spiro atoms. The second-order valence-corrected chi connectivity index (χ2v) is 5.42. The van der Waals surface area contributed by atoms with Crippen molar-refractivity contribution in [2.45, 2.75) is 26.8 Å². The smallest absolute Gasteiger partial charge is 0.231 e. The van der Waals surface area contributed by atoms with Crippen molar-refractivity contribution in [3.05, 3.63) is 58.7 Å². The molecule has 0 saturated heterocycles. The summed E-state index contributed by atoms with van der Waals surface area (Å²) in [6.07, 6.45) is 0.450. The van der Waals surface area contributed by atoms with Crippen molar-refractivity contribution in [1.29, 1.82) is 0 Å². The number of aryl methyl sites for hydroxylation is 2. The summed E-state index contributed by atoms with van der Waals surface area (Å²) in [4.78, 5) is 14.1. The lowest BCUT2D eigenvalue weighted by atomic mass is 10.0. The number of benzene rings is 2. The molecule has 0 aliphatic carbocycles. The first kappa shape index (κ1) is 12.7. The van der Waals surface area contributed by atoms with E-state index >= 15 is 0 Å². The molecule has 0 saturated carbocycles. The lowest BCUT2D eigenvalue weighted by Crippen LogP contribution is -2.26. The Bertz CT molecular complexity index is 671. The van der Waals surface area contributed by atoms with Crippen LogP contribution in [0.4, 0.5) is 11.4 Å². The topological polar surface area (TPSA) is 46.3 Å². The Morgan fingerprint density at radius 2 is 1.85 bits per heavy atom. The van der Waals surface area contributed by atoms with Crippen LogP contribution < -0.4 is 10.6 Å². The van der Waals surface area contributed by atoms with Gasteiger partial charge >= 0.3 is 0 Å². The van der Waals surface area contributed by atoms with Gasteiger partial charge in [0.1, 0.15) is 0 Å². The third kappa shape index (κ3) is 2.05. The van der Waals surface area contributed by atoms with Crippen LogP contribution >= 0.6 is 0 Å². The van der Waals surface area contributed by atoms with Gasteiger partial charge in [0, 0.05) is 11.4 Å². The molecule has 3 heteroatoms. The molecular formula is C17H18N2O. The third-order valence-corrected chi connectivity index (χ3v) is 4.00. The van der Waals surface area contributed by atoms with Gasteiger partial charge in [0.2, 0.25) is 5.91 Å². The number of nitrogens with two attached hydrogens (primary N) is 1. The highest BCUT2D eigenvalue weighted by Gasteiger charge is 2.27.